The number of nitrogens with one attached hydrogen (secondary N) is 1. The molecule has 0 aromatic carbocycles. The number of likely N-dealkylation sites (tertiary alicyclic amines) is 1. The molecule has 1 saturated heterocycles. The normalized spacial score (nSPS) is 24.2. The van der Waals surface area contributed by atoms with Gasteiger partial charge in [-0.1, -0.05) is 12.8 Å². The molecule has 0 aromatic rings. The SMILES string of the molecule is N#CCN1CCC(NS(=O)(=O)C2CCCC2)CC1. The molecule has 1 N–H and O–H groups in total. The second-order valence-corrected chi connectivity index (χ2v) is 7.27. The van der Waals surface area contributed by atoms with Crippen molar-refractivity contribution in [3.8, 4) is 6.07 Å². The van der Waals surface area contributed by atoms with Gasteiger partial charge in [-0.2, -0.15) is 5.26 Å². The van der Waals surface area contributed by atoms with Crippen molar-refractivity contribution in [3.63, 3.8) is 0 Å². The summed E-state index contributed by atoms with van der Waals surface area (Å²) in [5.41, 5.74) is 0. The van der Waals surface area contributed by atoms with Crippen molar-refractivity contribution in [3.05, 3.63) is 0 Å². The molecule has 2 aliphatic rings. The third-order valence-corrected chi connectivity index (χ3v) is 5.96. The van der Waals surface area contributed by atoms with Gasteiger partial charge in [0.05, 0.1) is 17.9 Å². The van der Waals surface area contributed by atoms with Crippen molar-refractivity contribution >= 4 is 10.0 Å². The van der Waals surface area contributed by atoms with Crippen LogP contribution >= 0.6 is 0 Å². The summed E-state index contributed by atoms with van der Waals surface area (Å²) in [6, 6.07) is 2.19. The van der Waals surface area contributed by atoms with Crippen molar-refractivity contribution in [2.24, 2.45) is 0 Å². The maximum Gasteiger partial charge on any atom is 0.214 e. The largest absolute Gasteiger partial charge is 0.290 e. The predicted octanol–water partition coefficient (Wildman–Crippen LogP) is 0.836. The number of hydrogen-bond donors (Lipinski definition) is 1. The average molecular weight is 271 g/mol. The van der Waals surface area contributed by atoms with Gasteiger partial charge in [-0.3, -0.25) is 4.90 Å². The quantitative estimate of drug-likeness (QED) is 0.769. The summed E-state index contributed by atoms with van der Waals surface area (Å²) in [5, 5.41) is 8.44. The first-order chi connectivity index (χ1) is 8.62. The third kappa shape index (κ3) is 3.44. The van der Waals surface area contributed by atoms with E-state index in [9.17, 15) is 8.42 Å². The van der Waals surface area contributed by atoms with E-state index in [0.717, 1.165) is 51.6 Å². The first kappa shape index (κ1) is 13.8. The van der Waals surface area contributed by atoms with Crippen LogP contribution in [0.5, 0.6) is 0 Å². The summed E-state index contributed by atoms with van der Waals surface area (Å²) >= 11 is 0. The van der Waals surface area contributed by atoms with Crippen molar-refractivity contribution in [1.29, 1.82) is 5.26 Å². The van der Waals surface area contributed by atoms with Crippen LogP contribution in [-0.2, 0) is 10.0 Å². The Morgan fingerprint density at radius 2 is 1.78 bits per heavy atom. The van der Waals surface area contributed by atoms with E-state index in [-0.39, 0.29) is 11.3 Å². The van der Waals surface area contributed by atoms with Gasteiger partial charge in [0.15, 0.2) is 0 Å². The van der Waals surface area contributed by atoms with Crippen molar-refractivity contribution in [2.45, 2.75) is 49.8 Å². The summed E-state index contributed by atoms with van der Waals surface area (Å²) < 4.78 is 27.1. The zero-order valence-electron chi connectivity index (χ0n) is 10.6. The zero-order valence-corrected chi connectivity index (χ0v) is 11.5. The van der Waals surface area contributed by atoms with E-state index in [1.165, 1.54) is 0 Å². The van der Waals surface area contributed by atoms with E-state index < -0.39 is 10.0 Å². The molecule has 102 valence electrons. The van der Waals surface area contributed by atoms with Gasteiger partial charge in [-0.15, -0.1) is 0 Å². The molecule has 0 amide bonds. The van der Waals surface area contributed by atoms with Gasteiger partial charge in [0, 0.05) is 19.1 Å². The van der Waals surface area contributed by atoms with Crippen molar-refractivity contribution < 1.29 is 8.42 Å². The molecular weight excluding hydrogens is 250 g/mol. The number of nitriles is 1. The van der Waals surface area contributed by atoms with Crippen molar-refractivity contribution in [1.82, 2.24) is 9.62 Å². The molecule has 0 unspecified atom stereocenters. The Morgan fingerprint density at radius 1 is 1.17 bits per heavy atom. The molecule has 1 saturated carbocycles. The molecule has 2 fully saturated rings. The molecule has 1 heterocycles. The fourth-order valence-corrected chi connectivity index (χ4v) is 4.68. The molecule has 0 aromatic heterocycles. The molecule has 0 radical (unpaired) electrons. The minimum Gasteiger partial charge on any atom is -0.290 e. The Balaban J connectivity index is 1.82. The number of hydrogen-bond acceptors (Lipinski definition) is 4. The standard InChI is InChI=1S/C12H21N3O2S/c13-7-10-15-8-5-11(6-9-15)14-18(16,17)12-3-1-2-4-12/h11-12,14H,1-6,8-10H2. The monoisotopic (exact) mass is 271 g/mol. The Labute approximate surface area is 109 Å². The van der Waals surface area contributed by atoms with Crippen LogP contribution in [-0.4, -0.2) is 44.2 Å². The molecule has 18 heavy (non-hydrogen) atoms. The summed E-state index contributed by atoms with van der Waals surface area (Å²) in [5.74, 6) is 0. The van der Waals surface area contributed by atoms with Crippen LogP contribution in [0.3, 0.4) is 0 Å². The lowest BCUT2D eigenvalue weighted by atomic mass is 10.1. The molecule has 1 aliphatic heterocycles. The lowest BCUT2D eigenvalue weighted by Gasteiger charge is -2.31. The minimum absolute atomic E-state index is 0.0607. The lowest BCUT2D eigenvalue weighted by Crippen LogP contribution is -2.46. The molecule has 0 atom stereocenters. The molecule has 6 heteroatoms. The minimum atomic E-state index is -3.12. The van der Waals surface area contributed by atoms with Gasteiger partial charge < -0.3 is 0 Å². The van der Waals surface area contributed by atoms with Crippen LogP contribution in [0, 0.1) is 11.3 Å². The van der Waals surface area contributed by atoms with Crippen LogP contribution in [0.1, 0.15) is 38.5 Å². The van der Waals surface area contributed by atoms with Crippen LogP contribution in [0.4, 0.5) is 0 Å². The summed E-state index contributed by atoms with van der Waals surface area (Å²) in [6.45, 7) is 2.07. The Hall–Kier alpha value is -0.640. The van der Waals surface area contributed by atoms with Crippen LogP contribution < -0.4 is 4.72 Å². The van der Waals surface area contributed by atoms with Gasteiger partial charge in [0.1, 0.15) is 0 Å². The number of piperidine rings is 1. The highest BCUT2D eigenvalue weighted by Gasteiger charge is 2.31. The maximum absolute atomic E-state index is 12.1. The molecule has 2 rings (SSSR count). The second-order valence-electron chi connectivity index (χ2n) is 5.28. The fraction of sp³-hybridized carbons (Fsp3) is 0.917. The maximum atomic E-state index is 12.1. The molecule has 1 aliphatic carbocycles. The number of rotatable bonds is 4. The van der Waals surface area contributed by atoms with Gasteiger partial charge in [-0.25, -0.2) is 13.1 Å². The topological polar surface area (TPSA) is 73.2 Å². The zero-order chi connectivity index (χ0) is 13.0. The van der Waals surface area contributed by atoms with Crippen molar-refractivity contribution in [2.75, 3.05) is 19.6 Å². The predicted molar refractivity (Wildman–Crippen MR) is 69.4 cm³/mol. The molecular formula is C12H21N3O2S. The van der Waals surface area contributed by atoms with E-state index in [0.29, 0.717) is 6.54 Å². The summed E-state index contributed by atoms with van der Waals surface area (Å²) in [4.78, 5) is 2.07. The van der Waals surface area contributed by atoms with E-state index in [1.807, 2.05) is 0 Å². The Bertz CT molecular complexity index is 402. The second kappa shape index (κ2) is 6.00. The van der Waals surface area contributed by atoms with Crippen LogP contribution in [0.15, 0.2) is 0 Å². The fourth-order valence-electron chi connectivity index (χ4n) is 2.84. The molecule has 0 spiro atoms. The number of sulfonamides is 1. The van der Waals surface area contributed by atoms with E-state index in [4.69, 9.17) is 5.26 Å². The molecule has 5 nitrogen and oxygen atoms in total. The number of nitrogens with zero attached hydrogens (tertiary/aromatic N) is 2. The Morgan fingerprint density at radius 3 is 2.33 bits per heavy atom. The first-order valence-electron chi connectivity index (χ1n) is 6.72. The summed E-state index contributed by atoms with van der Waals surface area (Å²) in [7, 11) is -3.12. The van der Waals surface area contributed by atoms with Gasteiger partial charge in [0.2, 0.25) is 10.0 Å². The van der Waals surface area contributed by atoms with Crippen LogP contribution in [0.2, 0.25) is 0 Å². The lowest BCUT2D eigenvalue weighted by molar-refractivity contribution is 0.228. The first-order valence-corrected chi connectivity index (χ1v) is 8.27. The van der Waals surface area contributed by atoms with E-state index in [1.54, 1.807) is 0 Å². The highest BCUT2D eigenvalue weighted by Crippen LogP contribution is 2.25. The molecule has 0 bridgehead atoms. The average Bonchev–Trinajstić information content (AvgIpc) is 2.86. The highest BCUT2D eigenvalue weighted by atomic mass is 32.2. The van der Waals surface area contributed by atoms with Gasteiger partial charge in [0.25, 0.3) is 0 Å². The van der Waals surface area contributed by atoms with Gasteiger partial charge in [-0.05, 0) is 25.7 Å². The smallest absolute Gasteiger partial charge is 0.214 e. The van der Waals surface area contributed by atoms with E-state index >= 15 is 0 Å². The van der Waals surface area contributed by atoms with Gasteiger partial charge >= 0.3 is 0 Å². The van der Waals surface area contributed by atoms with Crippen LogP contribution in [0.25, 0.3) is 0 Å². The Kier molecular flexibility index (Phi) is 4.60. The van der Waals surface area contributed by atoms with E-state index in [2.05, 4.69) is 15.7 Å². The highest BCUT2D eigenvalue weighted by molar-refractivity contribution is 7.90. The summed E-state index contributed by atoms with van der Waals surface area (Å²) in [6.07, 6.45) is 5.31. The third-order valence-electron chi connectivity index (χ3n) is 3.95.